The molecule has 0 spiro atoms. The Kier molecular flexibility index (Phi) is 5.03. The highest BCUT2D eigenvalue weighted by Gasteiger charge is 2.17. The van der Waals surface area contributed by atoms with Crippen LogP contribution in [-0.4, -0.2) is 47.8 Å². The van der Waals surface area contributed by atoms with Crippen molar-refractivity contribution in [2.75, 3.05) is 37.6 Å². The molecule has 0 N–H and O–H groups in total. The van der Waals surface area contributed by atoms with Crippen LogP contribution in [0.25, 0.3) is 6.08 Å². The molecule has 1 fully saturated rings. The van der Waals surface area contributed by atoms with Crippen LogP contribution < -0.4 is 4.90 Å². The number of benzene rings is 1. The van der Waals surface area contributed by atoms with Crippen LogP contribution in [0.15, 0.2) is 48.5 Å². The third-order valence-corrected chi connectivity index (χ3v) is 3.99. The minimum absolute atomic E-state index is 0.438. The molecule has 0 radical (unpaired) electrons. The quantitative estimate of drug-likeness (QED) is 0.868. The van der Waals surface area contributed by atoms with Gasteiger partial charge in [-0.1, -0.05) is 54.1 Å². The molecule has 1 aliphatic rings. The molecule has 4 nitrogen and oxygen atoms in total. The highest BCUT2D eigenvalue weighted by atomic mass is 35.5. The van der Waals surface area contributed by atoms with E-state index in [1.54, 1.807) is 6.07 Å². The van der Waals surface area contributed by atoms with Gasteiger partial charge < -0.3 is 4.90 Å². The zero-order valence-corrected chi connectivity index (χ0v) is 13.2. The predicted octanol–water partition coefficient (Wildman–Crippen LogP) is 2.97. The van der Waals surface area contributed by atoms with Crippen molar-refractivity contribution in [1.29, 1.82) is 0 Å². The van der Waals surface area contributed by atoms with E-state index in [4.69, 9.17) is 11.6 Å². The topological polar surface area (TPSA) is 32.3 Å². The van der Waals surface area contributed by atoms with Gasteiger partial charge in [-0.25, -0.2) is 0 Å². The summed E-state index contributed by atoms with van der Waals surface area (Å²) in [4.78, 5) is 4.69. The lowest BCUT2D eigenvalue weighted by Gasteiger charge is -2.34. The van der Waals surface area contributed by atoms with Gasteiger partial charge in [0.05, 0.1) is 0 Å². The maximum Gasteiger partial charge on any atom is 0.151 e. The van der Waals surface area contributed by atoms with E-state index < -0.39 is 0 Å². The molecule has 0 saturated carbocycles. The van der Waals surface area contributed by atoms with E-state index in [1.807, 2.05) is 12.1 Å². The van der Waals surface area contributed by atoms with Crippen LogP contribution in [0.1, 0.15) is 5.56 Å². The van der Waals surface area contributed by atoms with Gasteiger partial charge in [0.2, 0.25) is 0 Å². The van der Waals surface area contributed by atoms with E-state index in [0.717, 1.165) is 38.5 Å². The van der Waals surface area contributed by atoms with Crippen LogP contribution >= 0.6 is 11.6 Å². The Morgan fingerprint density at radius 3 is 2.41 bits per heavy atom. The van der Waals surface area contributed by atoms with Gasteiger partial charge in [-0.15, -0.1) is 10.2 Å². The van der Waals surface area contributed by atoms with E-state index in [2.05, 4.69) is 56.4 Å². The number of hydrogen-bond donors (Lipinski definition) is 0. The average molecular weight is 315 g/mol. The monoisotopic (exact) mass is 314 g/mol. The molecular formula is C17H19ClN4. The number of hydrogen-bond acceptors (Lipinski definition) is 4. The number of halogens is 1. The SMILES string of the molecule is Clc1ccc(N2CCN(C/C=C\c3ccccc3)CC2)nn1. The highest BCUT2D eigenvalue weighted by Crippen LogP contribution is 2.14. The fourth-order valence-electron chi connectivity index (χ4n) is 2.54. The molecule has 1 aromatic heterocycles. The molecule has 3 rings (SSSR count). The summed E-state index contributed by atoms with van der Waals surface area (Å²) in [7, 11) is 0. The second-order valence-electron chi connectivity index (χ2n) is 5.31. The normalized spacial score (nSPS) is 16.3. The molecule has 22 heavy (non-hydrogen) atoms. The van der Waals surface area contributed by atoms with Gasteiger partial charge in [0, 0.05) is 32.7 Å². The predicted molar refractivity (Wildman–Crippen MR) is 91.2 cm³/mol. The third kappa shape index (κ3) is 4.06. The van der Waals surface area contributed by atoms with Crippen molar-refractivity contribution < 1.29 is 0 Å². The first-order valence-corrected chi connectivity index (χ1v) is 7.87. The first-order valence-electron chi connectivity index (χ1n) is 7.49. The molecule has 114 valence electrons. The standard InChI is InChI=1S/C17H19ClN4/c18-16-8-9-17(20-19-16)22-13-11-21(12-14-22)10-4-7-15-5-2-1-3-6-15/h1-9H,10-14H2/b7-4-. The van der Waals surface area contributed by atoms with Crippen LogP contribution in [0.3, 0.4) is 0 Å². The van der Waals surface area contributed by atoms with Gasteiger partial charge in [0.25, 0.3) is 0 Å². The Balaban J connectivity index is 1.47. The molecule has 0 unspecified atom stereocenters. The Morgan fingerprint density at radius 2 is 1.73 bits per heavy atom. The van der Waals surface area contributed by atoms with Crippen LogP contribution in [0, 0.1) is 0 Å². The zero-order valence-electron chi connectivity index (χ0n) is 12.4. The second kappa shape index (κ2) is 7.38. The summed E-state index contributed by atoms with van der Waals surface area (Å²) in [6.45, 7) is 4.98. The number of rotatable bonds is 4. The summed E-state index contributed by atoms with van der Waals surface area (Å²) in [6, 6.07) is 14.1. The third-order valence-electron chi connectivity index (χ3n) is 3.79. The maximum absolute atomic E-state index is 5.77. The van der Waals surface area contributed by atoms with Crippen molar-refractivity contribution in [1.82, 2.24) is 15.1 Å². The molecule has 0 atom stereocenters. The van der Waals surface area contributed by atoms with Gasteiger partial charge in [0.15, 0.2) is 11.0 Å². The van der Waals surface area contributed by atoms with Crippen LogP contribution in [0.4, 0.5) is 5.82 Å². The summed E-state index contributed by atoms with van der Waals surface area (Å²) in [5, 5.41) is 8.48. The smallest absolute Gasteiger partial charge is 0.151 e. The minimum Gasteiger partial charge on any atom is -0.353 e. The lowest BCUT2D eigenvalue weighted by atomic mass is 10.2. The fourth-order valence-corrected chi connectivity index (χ4v) is 2.64. The van der Waals surface area contributed by atoms with Crippen LogP contribution in [-0.2, 0) is 0 Å². The molecular weight excluding hydrogens is 296 g/mol. The summed E-state index contributed by atoms with van der Waals surface area (Å²) in [6.07, 6.45) is 4.41. The Morgan fingerprint density at radius 1 is 0.955 bits per heavy atom. The molecule has 2 aromatic rings. The van der Waals surface area contributed by atoms with Crippen molar-refractivity contribution in [2.24, 2.45) is 0 Å². The molecule has 1 aromatic carbocycles. The second-order valence-corrected chi connectivity index (χ2v) is 5.70. The van der Waals surface area contributed by atoms with E-state index in [9.17, 15) is 0 Å². The average Bonchev–Trinajstić information content (AvgIpc) is 2.57. The van der Waals surface area contributed by atoms with Crippen molar-refractivity contribution in [3.8, 4) is 0 Å². The largest absolute Gasteiger partial charge is 0.353 e. The maximum atomic E-state index is 5.77. The first kappa shape index (κ1) is 15.0. The molecule has 0 aliphatic carbocycles. The number of aromatic nitrogens is 2. The van der Waals surface area contributed by atoms with Gasteiger partial charge >= 0.3 is 0 Å². The van der Waals surface area contributed by atoms with E-state index >= 15 is 0 Å². The summed E-state index contributed by atoms with van der Waals surface area (Å²) >= 11 is 5.77. The lowest BCUT2D eigenvalue weighted by Crippen LogP contribution is -2.46. The molecule has 0 bridgehead atoms. The van der Waals surface area contributed by atoms with Gasteiger partial charge in [0.1, 0.15) is 0 Å². The lowest BCUT2D eigenvalue weighted by molar-refractivity contribution is 0.283. The zero-order chi connectivity index (χ0) is 15.2. The minimum atomic E-state index is 0.438. The molecule has 0 amide bonds. The number of anilines is 1. The number of piperazine rings is 1. The summed E-state index contributed by atoms with van der Waals surface area (Å²) in [5.41, 5.74) is 1.25. The Labute approximate surface area is 136 Å². The summed E-state index contributed by atoms with van der Waals surface area (Å²) < 4.78 is 0. The van der Waals surface area contributed by atoms with Crippen molar-refractivity contribution >= 4 is 23.5 Å². The van der Waals surface area contributed by atoms with Crippen molar-refractivity contribution in [3.63, 3.8) is 0 Å². The van der Waals surface area contributed by atoms with E-state index in [1.165, 1.54) is 5.56 Å². The molecule has 2 heterocycles. The summed E-state index contributed by atoms with van der Waals surface area (Å²) in [5.74, 6) is 0.906. The van der Waals surface area contributed by atoms with Crippen LogP contribution in [0.5, 0.6) is 0 Å². The van der Waals surface area contributed by atoms with E-state index in [0.29, 0.717) is 5.15 Å². The molecule has 1 saturated heterocycles. The fraction of sp³-hybridized carbons (Fsp3) is 0.294. The first-order chi connectivity index (χ1) is 10.8. The molecule has 1 aliphatic heterocycles. The molecule has 5 heteroatoms. The number of nitrogens with zero attached hydrogens (tertiary/aromatic N) is 4. The highest BCUT2D eigenvalue weighted by molar-refractivity contribution is 6.29. The van der Waals surface area contributed by atoms with E-state index in [-0.39, 0.29) is 0 Å². The van der Waals surface area contributed by atoms with Gasteiger partial charge in [-0.05, 0) is 17.7 Å². The van der Waals surface area contributed by atoms with Gasteiger partial charge in [-0.3, -0.25) is 4.90 Å². The van der Waals surface area contributed by atoms with Crippen molar-refractivity contribution in [2.45, 2.75) is 0 Å². The van der Waals surface area contributed by atoms with Crippen LogP contribution in [0.2, 0.25) is 5.15 Å². The van der Waals surface area contributed by atoms with Crippen molar-refractivity contribution in [3.05, 3.63) is 59.3 Å². The Bertz CT molecular complexity index is 604. The Hall–Kier alpha value is -1.91. The van der Waals surface area contributed by atoms with Gasteiger partial charge in [-0.2, -0.15) is 0 Å².